The van der Waals surface area contributed by atoms with Gasteiger partial charge in [0, 0.05) is 50.4 Å². The van der Waals surface area contributed by atoms with Gasteiger partial charge in [0.1, 0.15) is 5.75 Å². The van der Waals surface area contributed by atoms with E-state index in [2.05, 4.69) is 48.1 Å². The van der Waals surface area contributed by atoms with Crippen LogP contribution in [0.15, 0.2) is 24.3 Å². The molecule has 21 heavy (non-hydrogen) atoms. The van der Waals surface area contributed by atoms with Crippen LogP contribution in [-0.4, -0.2) is 62.2 Å². The number of para-hydroxylation sites is 1. The van der Waals surface area contributed by atoms with E-state index in [1.807, 2.05) is 12.1 Å². The molecule has 0 aromatic heterocycles. The summed E-state index contributed by atoms with van der Waals surface area (Å²) in [7, 11) is 3.93. The Labute approximate surface area is 129 Å². The first-order valence-electron chi connectivity index (χ1n) is 7.79. The van der Waals surface area contributed by atoms with Crippen molar-refractivity contribution in [3.8, 4) is 5.75 Å². The maximum atomic E-state index is 5.40. The molecular formula is C17H29N3O. The molecule has 1 aliphatic heterocycles. The molecule has 0 spiro atoms. The van der Waals surface area contributed by atoms with Crippen LogP contribution in [0.5, 0.6) is 5.75 Å². The van der Waals surface area contributed by atoms with Crippen molar-refractivity contribution in [3.05, 3.63) is 29.8 Å². The summed E-state index contributed by atoms with van der Waals surface area (Å²) in [6.45, 7) is 11.1. The average molecular weight is 291 g/mol. The van der Waals surface area contributed by atoms with E-state index in [1.165, 1.54) is 5.56 Å². The monoisotopic (exact) mass is 291 g/mol. The van der Waals surface area contributed by atoms with Crippen LogP contribution in [0.2, 0.25) is 0 Å². The molecule has 0 radical (unpaired) electrons. The van der Waals surface area contributed by atoms with Crippen LogP contribution in [0.3, 0.4) is 0 Å². The SMILES string of the molecule is COc1ccccc1CNCC(C)(C)N1CCN(C)CC1. The van der Waals surface area contributed by atoms with Crippen molar-refractivity contribution in [2.24, 2.45) is 0 Å². The van der Waals surface area contributed by atoms with E-state index in [1.54, 1.807) is 7.11 Å². The van der Waals surface area contributed by atoms with Crippen LogP contribution < -0.4 is 10.1 Å². The quantitative estimate of drug-likeness (QED) is 0.865. The van der Waals surface area contributed by atoms with Crippen molar-refractivity contribution >= 4 is 0 Å². The largest absolute Gasteiger partial charge is 0.496 e. The third-order valence-corrected chi connectivity index (χ3v) is 4.42. The summed E-state index contributed by atoms with van der Waals surface area (Å²) in [5.74, 6) is 0.961. The lowest BCUT2D eigenvalue weighted by molar-refractivity contribution is 0.0617. The summed E-state index contributed by atoms with van der Waals surface area (Å²) < 4.78 is 5.40. The molecule has 0 amide bonds. The second kappa shape index (κ2) is 7.25. The molecule has 0 atom stereocenters. The zero-order chi connectivity index (χ0) is 15.3. The number of ether oxygens (including phenoxy) is 1. The number of hydrogen-bond donors (Lipinski definition) is 1. The minimum Gasteiger partial charge on any atom is -0.496 e. The Morgan fingerprint density at radius 3 is 2.48 bits per heavy atom. The first kappa shape index (κ1) is 16.3. The standard InChI is InChI=1S/C17H29N3O/c1-17(2,20-11-9-19(3)10-12-20)14-18-13-15-7-5-6-8-16(15)21-4/h5-8,18H,9-14H2,1-4H3. The Bertz CT molecular complexity index is 439. The molecule has 1 heterocycles. The molecule has 4 nitrogen and oxygen atoms in total. The van der Waals surface area contributed by atoms with Gasteiger partial charge in [-0.2, -0.15) is 0 Å². The molecule has 1 saturated heterocycles. The second-order valence-corrected chi connectivity index (χ2v) is 6.52. The molecule has 1 aromatic carbocycles. The van der Waals surface area contributed by atoms with Gasteiger partial charge < -0.3 is 15.0 Å². The highest BCUT2D eigenvalue weighted by Crippen LogP contribution is 2.18. The predicted molar refractivity (Wildman–Crippen MR) is 87.8 cm³/mol. The Morgan fingerprint density at radius 2 is 1.81 bits per heavy atom. The molecule has 4 heteroatoms. The van der Waals surface area contributed by atoms with Gasteiger partial charge in [0.05, 0.1) is 7.11 Å². The molecule has 1 aromatic rings. The summed E-state index contributed by atoms with van der Waals surface area (Å²) in [4.78, 5) is 4.98. The summed E-state index contributed by atoms with van der Waals surface area (Å²) in [6, 6.07) is 8.21. The third-order valence-electron chi connectivity index (χ3n) is 4.42. The normalized spacial score (nSPS) is 17.9. The fraction of sp³-hybridized carbons (Fsp3) is 0.647. The van der Waals surface area contributed by atoms with E-state index in [4.69, 9.17) is 4.74 Å². The van der Waals surface area contributed by atoms with Crippen LogP contribution in [0, 0.1) is 0 Å². The van der Waals surface area contributed by atoms with Gasteiger partial charge in [0.15, 0.2) is 0 Å². The number of piperazine rings is 1. The predicted octanol–water partition coefficient (Wildman–Crippen LogP) is 1.81. The topological polar surface area (TPSA) is 27.7 Å². The molecule has 0 saturated carbocycles. The fourth-order valence-electron chi connectivity index (χ4n) is 2.88. The number of hydrogen-bond acceptors (Lipinski definition) is 4. The summed E-state index contributed by atoms with van der Waals surface area (Å²) in [5, 5.41) is 3.59. The van der Waals surface area contributed by atoms with E-state index in [-0.39, 0.29) is 5.54 Å². The van der Waals surface area contributed by atoms with E-state index in [0.29, 0.717) is 0 Å². The number of benzene rings is 1. The molecule has 1 N–H and O–H groups in total. The van der Waals surface area contributed by atoms with Crippen LogP contribution >= 0.6 is 0 Å². The van der Waals surface area contributed by atoms with E-state index in [0.717, 1.165) is 45.0 Å². The number of rotatable bonds is 6. The molecule has 0 bridgehead atoms. The van der Waals surface area contributed by atoms with Gasteiger partial charge >= 0.3 is 0 Å². The zero-order valence-electron chi connectivity index (χ0n) is 13.9. The summed E-state index contributed by atoms with van der Waals surface area (Å²) >= 11 is 0. The number of nitrogens with one attached hydrogen (secondary N) is 1. The highest BCUT2D eigenvalue weighted by Gasteiger charge is 2.28. The lowest BCUT2D eigenvalue weighted by Crippen LogP contribution is -2.57. The van der Waals surface area contributed by atoms with Crippen molar-refractivity contribution < 1.29 is 4.74 Å². The van der Waals surface area contributed by atoms with Crippen LogP contribution in [0.25, 0.3) is 0 Å². The summed E-state index contributed by atoms with van der Waals surface area (Å²) in [6.07, 6.45) is 0. The Hall–Kier alpha value is -1.10. The highest BCUT2D eigenvalue weighted by molar-refractivity contribution is 5.32. The minimum atomic E-state index is 0.184. The maximum Gasteiger partial charge on any atom is 0.123 e. The lowest BCUT2D eigenvalue weighted by Gasteiger charge is -2.43. The van der Waals surface area contributed by atoms with Crippen molar-refractivity contribution in [2.45, 2.75) is 25.9 Å². The molecule has 0 unspecified atom stereocenters. The van der Waals surface area contributed by atoms with Crippen LogP contribution in [0.4, 0.5) is 0 Å². The van der Waals surface area contributed by atoms with Gasteiger partial charge in [0.25, 0.3) is 0 Å². The Kier molecular flexibility index (Phi) is 5.62. The van der Waals surface area contributed by atoms with E-state index < -0.39 is 0 Å². The highest BCUT2D eigenvalue weighted by atomic mass is 16.5. The number of methoxy groups -OCH3 is 1. The second-order valence-electron chi connectivity index (χ2n) is 6.52. The molecule has 0 aliphatic carbocycles. The molecule has 118 valence electrons. The van der Waals surface area contributed by atoms with Gasteiger partial charge in [-0.3, -0.25) is 4.90 Å². The van der Waals surface area contributed by atoms with Crippen molar-refractivity contribution in [1.29, 1.82) is 0 Å². The van der Waals surface area contributed by atoms with E-state index in [9.17, 15) is 0 Å². The smallest absolute Gasteiger partial charge is 0.123 e. The van der Waals surface area contributed by atoms with Crippen molar-refractivity contribution in [1.82, 2.24) is 15.1 Å². The van der Waals surface area contributed by atoms with E-state index >= 15 is 0 Å². The third kappa shape index (κ3) is 4.43. The maximum absolute atomic E-state index is 5.40. The van der Waals surface area contributed by atoms with Gasteiger partial charge in [-0.1, -0.05) is 18.2 Å². The fourth-order valence-corrected chi connectivity index (χ4v) is 2.88. The first-order chi connectivity index (χ1) is 10.0. The minimum absolute atomic E-state index is 0.184. The lowest BCUT2D eigenvalue weighted by atomic mass is 10.0. The Morgan fingerprint density at radius 1 is 1.14 bits per heavy atom. The molecular weight excluding hydrogens is 262 g/mol. The number of likely N-dealkylation sites (N-methyl/N-ethyl adjacent to an activating group) is 1. The summed E-state index contributed by atoms with van der Waals surface area (Å²) in [5.41, 5.74) is 1.40. The average Bonchev–Trinajstić information content (AvgIpc) is 2.48. The van der Waals surface area contributed by atoms with Gasteiger partial charge in [-0.05, 0) is 27.0 Å². The van der Waals surface area contributed by atoms with Crippen LogP contribution in [-0.2, 0) is 6.54 Å². The Balaban J connectivity index is 1.84. The van der Waals surface area contributed by atoms with Crippen molar-refractivity contribution in [3.63, 3.8) is 0 Å². The van der Waals surface area contributed by atoms with Crippen LogP contribution in [0.1, 0.15) is 19.4 Å². The molecule has 1 aliphatic rings. The van der Waals surface area contributed by atoms with Crippen molar-refractivity contribution in [2.75, 3.05) is 46.9 Å². The van der Waals surface area contributed by atoms with Gasteiger partial charge in [-0.25, -0.2) is 0 Å². The number of nitrogens with zero attached hydrogens (tertiary/aromatic N) is 2. The van der Waals surface area contributed by atoms with Gasteiger partial charge in [0.2, 0.25) is 0 Å². The first-order valence-corrected chi connectivity index (χ1v) is 7.79. The van der Waals surface area contributed by atoms with Gasteiger partial charge in [-0.15, -0.1) is 0 Å². The molecule has 1 fully saturated rings. The molecule has 2 rings (SSSR count). The zero-order valence-corrected chi connectivity index (χ0v) is 13.9.